The summed E-state index contributed by atoms with van der Waals surface area (Å²) in [5, 5.41) is 0.466. The topological polar surface area (TPSA) is 88.1 Å². The van der Waals surface area contributed by atoms with E-state index in [1.807, 2.05) is 38.1 Å². The average Bonchev–Trinajstić information content (AvgIpc) is 3.13. The number of halogens is 6. The second kappa shape index (κ2) is 12.0. The van der Waals surface area contributed by atoms with Gasteiger partial charge in [0.05, 0.1) is 48.6 Å². The van der Waals surface area contributed by atoms with Crippen LogP contribution in [-0.2, 0) is 11.3 Å². The Morgan fingerprint density at radius 2 is 1.68 bits per heavy atom. The lowest BCUT2D eigenvalue weighted by Gasteiger charge is -2.23. The van der Waals surface area contributed by atoms with Crippen LogP contribution in [0.15, 0.2) is 40.5 Å². The molecule has 2 heterocycles. The third kappa shape index (κ3) is 9.19. The number of imidazole rings is 1. The first-order valence-electron chi connectivity index (χ1n) is 11.1. The second-order valence-corrected chi connectivity index (χ2v) is 11.8. The number of rotatable bonds is 11. The molecule has 1 atom stereocenters. The molecule has 0 spiro atoms. The van der Waals surface area contributed by atoms with Crippen LogP contribution in [0.3, 0.4) is 0 Å². The minimum absolute atomic E-state index is 0.0218. The fourth-order valence-electron chi connectivity index (χ4n) is 3.35. The molecule has 0 aliphatic heterocycles. The SMILES string of the molecule is CC(C)Oc1ccccc1Sc1nc(N)nc2c1ncn2CC(C)OCP(CC(F)(F)F)CC(F)(F)F. The summed E-state index contributed by atoms with van der Waals surface area (Å²) in [5.74, 6) is 0.634. The fourth-order valence-corrected chi connectivity index (χ4v) is 6.07. The molecule has 204 valence electrons. The van der Waals surface area contributed by atoms with Gasteiger partial charge in [0.1, 0.15) is 16.3 Å². The molecule has 2 N–H and O–H groups in total. The molecule has 1 aromatic carbocycles. The monoisotopic (exact) mass is 569 g/mol. The van der Waals surface area contributed by atoms with Crippen LogP contribution in [0, 0.1) is 0 Å². The Morgan fingerprint density at radius 3 is 2.30 bits per heavy atom. The highest BCUT2D eigenvalue weighted by Crippen LogP contribution is 2.46. The Labute approximate surface area is 214 Å². The molecule has 15 heteroatoms. The highest BCUT2D eigenvalue weighted by molar-refractivity contribution is 7.99. The first kappa shape index (κ1) is 29.2. The number of benzene rings is 1. The second-order valence-electron chi connectivity index (χ2n) is 8.50. The molecule has 0 saturated carbocycles. The van der Waals surface area contributed by atoms with E-state index in [0.29, 0.717) is 21.9 Å². The van der Waals surface area contributed by atoms with Crippen molar-refractivity contribution in [3.63, 3.8) is 0 Å². The lowest BCUT2D eigenvalue weighted by Crippen LogP contribution is -2.24. The third-order valence-corrected chi connectivity index (χ3v) is 7.83. The number of anilines is 1. The van der Waals surface area contributed by atoms with Gasteiger partial charge in [0.25, 0.3) is 0 Å². The molecular weight excluding hydrogens is 543 g/mol. The number of hydrogen-bond acceptors (Lipinski definition) is 7. The first-order valence-corrected chi connectivity index (χ1v) is 13.8. The van der Waals surface area contributed by atoms with Gasteiger partial charge in [0.2, 0.25) is 5.95 Å². The van der Waals surface area contributed by atoms with Gasteiger partial charge >= 0.3 is 12.4 Å². The van der Waals surface area contributed by atoms with Crippen LogP contribution < -0.4 is 10.5 Å². The lowest BCUT2D eigenvalue weighted by atomic mass is 10.3. The Hall–Kier alpha value is -2.31. The number of hydrogen-bond donors (Lipinski definition) is 1. The molecule has 1 unspecified atom stereocenters. The molecule has 0 aliphatic carbocycles. The Kier molecular flexibility index (Phi) is 9.52. The van der Waals surface area contributed by atoms with E-state index in [9.17, 15) is 26.3 Å². The molecule has 2 aromatic heterocycles. The molecule has 0 fully saturated rings. The number of alkyl halides is 6. The third-order valence-electron chi connectivity index (χ3n) is 4.67. The summed E-state index contributed by atoms with van der Waals surface area (Å²) in [6.45, 7) is 5.46. The van der Waals surface area contributed by atoms with Gasteiger partial charge < -0.3 is 19.8 Å². The molecule has 3 aromatic rings. The van der Waals surface area contributed by atoms with E-state index < -0.39 is 45.0 Å². The summed E-state index contributed by atoms with van der Waals surface area (Å²) in [7, 11) is -2.47. The molecule has 0 radical (unpaired) electrons. The molecule has 0 saturated heterocycles. The number of nitrogen functional groups attached to an aromatic ring is 1. The predicted octanol–water partition coefficient (Wildman–Crippen LogP) is 6.32. The molecule has 37 heavy (non-hydrogen) atoms. The van der Waals surface area contributed by atoms with Crippen molar-refractivity contribution in [3.8, 4) is 5.75 Å². The van der Waals surface area contributed by atoms with Crippen LogP contribution in [-0.4, -0.2) is 62.8 Å². The van der Waals surface area contributed by atoms with Crippen molar-refractivity contribution >= 4 is 36.8 Å². The van der Waals surface area contributed by atoms with E-state index in [1.54, 1.807) is 11.5 Å². The smallest absolute Gasteiger partial charge is 0.392 e. The molecular formula is C22H26F6N5O2PS. The highest BCUT2D eigenvalue weighted by atomic mass is 32.2. The number of ether oxygens (including phenoxy) is 2. The zero-order valence-electron chi connectivity index (χ0n) is 20.2. The van der Waals surface area contributed by atoms with E-state index in [-0.39, 0.29) is 18.6 Å². The Balaban J connectivity index is 1.76. The summed E-state index contributed by atoms with van der Waals surface area (Å²) in [4.78, 5) is 13.7. The van der Waals surface area contributed by atoms with Crippen LogP contribution in [0.5, 0.6) is 5.75 Å². The van der Waals surface area contributed by atoms with Gasteiger partial charge in [-0.3, -0.25) is 0 Å². The van der Waals surface area contributed by atoms with Crippen molar-refractivity contribution in [2.45, 2.75) is 61.8 Å². The van der Waals surface area contributed by atoms with E-state index in [0.717, 1.165) is 4.90 Å². The lowest BCUT2D eigenvalue weighted by molar-refractivity contribution is -0.112. The predicted molar refractivity (Wildman–Crippen MR) is 130 cm³/mol. The van der Waals surface area contributed by atoms with Crippen molar-refractivity contribution in [1.29, 1.82) is 0 Å². The van der Waals surface area contributed by atoms with Crippen molar-refractivity contribution < 1.29 is 35.8 Å². The van der Waals surface area contributed by atoms with Gasteiger partial charge in [-0.2, -0.15) is 31.3 Å². The summed E-state index contributed by atoms with van der Waals surface area (Å²) < 4.78 is 89.3. The maximum absolute atomic E-state index is 12.7. The minimum Gasteiger partial charge on any atom is -0.490 e. The molecule has 7 nitrogen and oxygen atoms in total. The van der Waals surface area contributed by atoms with Gasteiger partial charge in [-0.25, -0.2) is 9.97 Å². The average molecular weight is 570 g/mol. The van der Waals surface area contributed by atoms with Crippen LogP contribution in [0.4, 0.5) is 32.3 Å². The molecule has 3 rings (SSSR count). The largest absolute Gasteiger partial charge is 0.490 e. The van der Waals surface area contributed by atoms with E-state index in [4.69, 9.17) is 15.2 Å². The summed E-state index contributed by atoms with van der Waals surface area (Å²) in [5.41, 5.74) is 6.72. The Morgan fingerprint density at radius 1 is 1.03 bits per heavy atom. The van der Waals surface area contributed by atoms with Crippen molar-refractivity contribution in [2.24, 2.45) is 0 Å². The first-order chi connectivity index (χ1) is 17.2. The van der Waals surface area contributed by atoms with Gasteiger partial charge in [0.15, 0.2) is 5.65 Å². The van der Waals surface area contributed by atoms with Crippen LogP contribution in [0.25, 0.3) is 11.2 Å². The molecule has 0 aliphatic rings. The summed E-state index contributed by atoms with van der Waals surface area (Å²) in [6.07, 6.45) is -12.4. The van der Waals surface area contributed by atoms with Crippen LogP contribution >= 0.6 is 19.7 Å². The van der Waals surface area contributed by atoms with Crippen LogP contribution in [0.1, 0.15) is 20.8 Å². The Bertz CT molecular complexity index is 1170. The zero-order chi connectivity index (χ0) is 27.4. The van der Waals surface area contributed by atoms with Gasteiger partial charge in [-0.1, -0.05) is 31.8 Å². The van der Waals surface area contributed by atoms with E-state index >= 15 is 0 Å². The van der Waals surface area contributed by atoms with E-state index in [2.05, 4.69) is 15.0 Å². The maximum Gasteiger partial charge on any atom is 0.392 e. The highest BCUT2D eigenvalue weighted by Gasteiger charge is 2.38. The number of nitrogens with two attached hydrogens (primary N) is 1. The quantitative estimate of drug-likeness (QED) is 0.164. The standard InChI is InChI=1S/C22H26F6N5O2PS/c1-13(2)35-15-6-4-5-7-16(15)37-19-17-18(31-20(29)32-19)33(11-30-17)8-14(3)34-12-36(9-21(23,24)25)10-22(26,27)28/h4-7,11,13-14H,8-10,12H2,1-3H3,(H2,29,31,32). The maximum atomic E-state index is 12.7. The number of fused-ring (bicyclic) bond motifs is 1. The summed E-state index contributed by atoms with van der Waals surface area (Å²) in [6, 6.07) is 7.38. The van der Waals surface area contributed by atoms with Crippen molar-refractivity contribution in [1.82, 2.24) is 19.5 Å². The van der Waals surface area contributed by atoms with Crippen molar-refractivity contribution in [3.05, 3.63) is 30.6 Å². The van der Waals surface area contributed by atoms with E-state index in [1.165, 1.54) is 18.1 Å². The fraction of sp³-hybridized carbons (Fsp3) is 0.500. The van der Waals surface area contributed by atoms with Crippen molar-refractivity contribution in [2.75, 3.05) is 24.4 Å². The molecule has 0 bridgehead atoms. The van der Waals surface area contributed by atoms with Gasteiger partial charge in [-0.05, 0) is 32.9 Å². The number of aromatic nitrogens is 4. The van der Waals surface area contributed by atoms with Gasteiger partial charge in [-0.15, -0.1) is 0 Å². The normalized spacial score (nSPS) is 13.6. The minimum atomic E-state index is -4.70. The number of nitrogens with zero attached hydrogens (tertiary/aromatic N) is 4. The van der Waals surface area contributed by atoms with Gasteiger partial charge in [0, 0.05) is 0 Å². The van der Waals surface area contributed by atoms with Crippen LogP contribution in [0.2, 0.25) is 0 Å². The summed E-state index contributed by atoms with van der Waals surface area (Å²) >= 11 is 1.28. The molecule has 0 amide bonds. The number of para-hydroxylation sites is 1. The zero-order valence-corrected chi connectivity index (χ0v) is 21.9.